The van der Waals surface area contributed by atoms with Crippen LogP contribution in [0.5, 0.6) is 0 Å². The molecule has 0 unspecified atom stereocenters. The number of rotatable bonds is 9. The lowest BCUT2D eigenvalue weighted by Gasteiger charge is -2.38. The van der Waals surface area contributed by atoms with Crippen molar-refractivity contribution in [2.75, 3.05) is 57.3 Å². The van der Waals surface area contributed by atoms with Gasteiger partial charge in [0.25, 0.3) is 11.5 Å². The third-order valence-corrected chi connectivity index (χ3v) is 11.6. The summed E-state index contributed by atoms with van der Waals surface area (Å²) in [7, 11) is 0. The summed E-state index contributed by atoms with van der Waals surface area (Å²) >= 11 is 0. The number of anilines is 1. The Morgan fingerprint density at radius 2 is 1.55 bits per heavy atom. The molecule has 0 aromatic carbocycles. The van der Waals surface area contributed by atoms with Crippen LogP contribution in [0, 0.1) is 5.92 Å². The molecule has 0 spiro atoms. The molecule has 1 aliphatic carbocycles. The number of fused-ring (bicyclic) bond motifs is 1. The highest BCUT2D eigenvalue weighted by Gasteiger charge is 2.33. The molecule has 3 aliphatic heterocycles. The van der Waals surface area contributed by atoms with Gasteiger partial charge >= 0.3 is 0 Å². The van der Waals surface area contributed by atoms with E-state index in [1.165, 1.54) is 19.3 Å². The zero-order valence-corrected chi connectivity index (χ0v) is 30.1. The number of amides is 2. The highest BCUT2D eigenvalue weighted by atomic mass is 16.5. The molecule has 1 atom stereocenters. The Labute approximate surface area is 300 Å². The highest BCUT2D eigenvalue weighted by Crippen LogP contribution is 2.28. The summed E-state index contributed by atoms with van der Waals surface area (Å²) in [5, 5.41) is 0. The zero-order valence-electron chi connectivity index (χ0n) is 30.1. The molecular formula is C39H54N8O4. The highest BCUT2D eigenvalue weighted by molar-refractivity contribution is 5.92. The fourth-order valence-electron chi connectivity index (χ4n) is 8.39. The van der Waals surface area contributed by atoms with E-state index in [0.29, 0.717) is 44.2 Å². The number of piperazine rings is 1. The summed E-state index contributed by atoms with van der Waals surface area (Å²) in [6, 6.07) is 7.43. The molecule has 274 valence electrons. The number of H-pyrrole nitrogens is 1. The molecule has 0 bridgehead atoms. The summed E-state index contributed by atoms with van der Waals surface area (Å²) in [5.41, 5.74) is 11.3. The van der Waals surface area contributed by atoms with Crippen molar-refractivity contribution in [1.82, 2.24) is 29.7 Å². The average molecular weight is 699 g/mol. The van der Waals surface area contributed by atoms with Crippen LogP contribution in [0.3, 0.4) is 0 Å². The minimum atomic E-state index is -0.359. The monoisotopic (exact) mass is 698 g/mol. The fraction of sp³-hybridized carbons (Fsp3) is 0.615. The van der Waals surface area contributed by atoms with Crippen molar-refractivity contribution in [2.45, 2.75) is 95.9 Å². The average Bonchev–Trinajstić information content (AvgIpc) is 3.18. The van der Waals surface area contributed by atoms with Gasteiger partial charge in [0, 0.05) is 70.7 Å². The van der Waals surface area contributed by atoms with Crippen LogP contribution < -0.4 is 16.2 Å². The fourth-order valence-corrected chi connectivity index (χ4v) is 8.39. The Morgan fingerprint density at radius 3 is 2.20 bits per heavy atom. The number of carbonyl (C=O) groups is 2. The van der Waals surface area contributed by atoms with Crippen molar-refractivity contribution in [3.05, 3.63) is 63.8 Å². The van der Waals surface area contributed by atoms with Gasteiger partial charge in [-0.25, -0.2) is 4.98 Å². The predicted octanol–water partition coefficient (Wildman–Crippen LogP) is 3.72. The number of aromatic nitrogens is 3. The molecule has 4 fully saturated rings. The third kappa shape index (κ3) is 8.45. The first-order valence-electron chi connectivity index (χ1n) is 19.3. The van der Waals surface area contributed by atoms with Crippen LogP contribution in [0.4, 0.5) is 5.69 Å². The van der Waals surface area contributed by atoms with Crippen molar-refractivity contribution in [3.8, 4) is 0 Å². The number of piperidine rings is 2. The maximum absolute atomic E-state index is 13.3. The molecule has 51 heavy (non-hydrogen) atoms. The molecule has 12 heteroatoms. The van der Waals surface area contributed by atoms with E-state index < -0.39 is 0 Å². The van der Waals surface area contributed by atoms with Crippen LogP contribution in [0.25, 0.3) is 11.0 Å². The summed E-state index contributed by atoms with van der Waals surface area (Å²) < 4.78 is 6.48. The number of pyridine rings is 3. The molecule has 4 aliphatic rings. The standard InChI is InChI=1S/C39H54N8O4/c1-2-28-23-34-35(43-37(28)48)22-27(24-41-34)26-44-18-20-45(21-19-44)30-8-9-33(42-25-30)38(49)46-14-10-31(11-15-46)51-32-12-16-47(17-13-32)39(50)36(40)29-6-4-3-5-7-29/h8-9,22-25,29,31-32,36H,2-7,10-21,26,40H2,1H3,(H,43,48)/t36-/m1/s1. The van der Waals surface area contributed by atoms with Crippen molar-refractivity contribution < 1.29 is 14.3 Å². The first-order valence-corrected chi connectivity index (χ1v) is 19.3. The molecule has 1 saturated carbocycles. The van der Waals surface area contributed by atoms with E-state index >= 15 is 0 Å². The van der Waals surface area contributed by atoms with Gasteiger partial charge in [0.05, 0.1) is 41.2 Å². The number of hydrogen-bond acceptors (Lipinski definition) is 9. The second kappa shape index (κ2) is 16.2. The smallest absolute Gasteiger partial charge is 0.272 e. The second-order valence-corrected chi connectivity index (χ2v) is 15.0. The molecular weight excluding hydrogens is 644 g/mol. The summed E-state index contributed by atoms with van der Waals surface area (Å²) in [5.74, 6) is 0.426. The largest absolute Gasteiger partial charge is 0.375 e. The Hall–Kier alpha value is -3.87. The lowest BCUT2D eigenvalue weighted by Crippen LogP contribution is -2.51. The van der Waals surface area contributed by atoms with Crippen LogP contribution in [-0.4, -0.2) is 112 Å². The van der Waals surface area contributed by atoms with Crippen molar-refractivity contribution in [3.63, 3.8) is 0 Å². The second-order valence-electron chi connectivity index (χ2n) is 15.0. The number of aromatic amines is 1. The summed E-state index contributed by atoms with van der Waals surface area (Å²) in [6.45, 7) is 9.01. The summed E-state index contributed by atoms with van der Waals surface area (Å²) in [4.78, 5) is 59.4. The molecule has 3 saturated heterocycles. The van der Waals surface area contributed by atoms with Gasteiger partial charge in [0.15, 0.2) is 0 Å². The predicted molar refractivity (Wildman–Crippen MR) is 198 cm³/mol. The normalized spacial score (nSPS) is 20.9. The number of nitrogens with two attached hydrogens (primary N) is 1. The van der Waals surface area contributed by atoms with E-state index in [9.17, 15) is 14.4 Å². The first-order chi connectivity index (χ1) is 24.8. The van der Waals surface area contributed by atoms with Crippen LogP contribution in [-0.2, 0) is 22.5 Å². The number of nitrogens with one attached hydrogen (secondary N) is 1. The van der Waals surface area contributed by atoms with E-state index in [2.05, 4.69) is 24.8 Å². The van der Waals surface area contributed by atoms with Gasteiger partial charge < -0.3 is 30.2 Å². The Kier molecular flexibility index (Phi) is 11.3. The van der Waals surface area contributed by atoms with E-state index in [0.717, 1.165) is 99.1 Å². The number of aryl methyl sites for hydroxylation is 1. The zero-order chi connectivity index (χ0) is 35.3. The minimum absolute atomic E-state index is 0.0257. The van der Waals surface area contributed by atoms with Gasteiger partial charge in [-0.1, -0.05) is 26.2 Å². The van der Waals surface area contributed by atoms with Crippen molar-refractivity contribution in [1.29, 1.82) is 0 Å². The molecule has 3 aromatic heterocycles. The molecule has 3 N–H and O–H groups in total. The van der Waals surface area contributed by atoms with Crippen LogP contribution in [0.1, 0.15) is 86.3 Å². The maximum atomic E-state index is 13.3. The van der Waals surface area contributed by atoms with E-state index in [4.69, 9.17) is 10.5 Å². The van der Waals surface area contributed by atoms with Gasteiger partial charge in [-0.05, 0) is 80.7 Å². The number of hydrogen-bond donors (Lipinski definition) is 2. The maximum Gasteiger partial charge on any atom is 0.272 e. The Morgan fingerprint density at radius 1 is 0.863 bits per heavy atom. The SMILES string of the molecule is CCc1cc2ncc(CN3CCN(c4ccc(C(=O)N5CCC(OC6CCN(C(=O)[C@H](N)C7CCCCC7)CC6)CC5)nc4)CC3)cc2[nH]c1=O. The van der Waals surface area contributed by atoms with Crippen LogP contribution in [0.2, 0.25) is 0 Å². The molecule has 3 aromatic rings. The Balaban J connectivity index is 0.822. The van der Waals surface area contributed by atoms with Crippen molar-refractivity contribution in [2.24, 2.45) is 11.7 Å². The molecule has 2 amide bonds. The number of likely N-dealkylation sites (tertiary alicyclic amines) is 2. The number of ether oxygens (including phenoxy) is 1. The third-order valence-electron chi connectivity index (χ3n) is 11.6. The summed E-state index contributed by atoms with van der Waals surface area (Å²) in [6.07, 6.45) is 13.8. The van der Waals surface area contributed by atoms with E-state index in [-0.39, 0.29) is 35.6 Å². The van der Waals surface area contributed by atoms with Gasteiger partial charge in [-0.15, -0.1) is 0 Å². The quantitative estimate of drug-likeness (QED) is 0.342. The van der Waals surface area contributed by atoms with Crippen LogP contribution in [0.15, 0.2) is 41.5 Å². The molecule has 0 radical (unpaired) electrons. The van der Waals surface area contributed by atoms with Crippen molar-refractivity contribution >= 4 is 28.5 Å². The molecule has 12 nitrogen and oxygen atoms in total. The van der Waals surface area contributed by atoms with Gasteiger partial charge in [0.1, 0.15) is 5.69 Å². The van der Waals surface area contributed by atoms with E-state index in [1.807, 2.05) is 53.4 Å². The topological polar surface area (TPSA) is 141 Å². The van der Waals surface area contributed by atoms with Crippen LogP contribution >= 0.6 is 0 Å². The molecule has 6 heterocycles. The van der Waals surface area contributed by atoms with Gasteiger partial charge in [0.2, 0.25) is 5.91 Å². The lowest BCUT2D eigenvalue weighted by molar-refractivity contribution is -0.138. The Bertz CT molecular complexity index is 1700. The first kappa shape index (κ1) is 35.5. The molecule has 7 rings (SSSR count). The van der Waals surface area contributed by atoms with Gasteiger partial charge in [-0.3, -0.25) is 24.3 Å². The van der Waals surface area contributed by atoms with E-state index in [1.54, 1.807) is 0 Å². The number of nitrogens with zero attached hydrogens (tertiary/aromatic N) is 6. The van der Waals surface area contributed by atoms with Gasteiger partial charge in [-0.2, -0.15) is 0 Å². The minimum Gasteiger partial charge on any atom is -0.375 e. The lowest BCUT2D eigenvalue weighted by atomic mass is 9.83. The number of carbonyl (C=O) groups excluding carboxylic acids is 2.